The van der Waals surface area contributed by atoms with Gasteiger partial charge in [-0.05, 0) is 42.0 Å². The maximum Gasteiger partial charge on any atom is 0.257 e. The van der Waals surface area contributed by atoms with Gasteiger partial charge in [-0.2, -0.15) is 0 Å². The van der Waals surface area contributed by atoms with Gasteiger partial charge < -0.3 is 15.1 Å². The third-order valence-corrected chi connectivity index (χ3v) is 6.24. The number of benzene rings is 3. The summed E-state index contributed by atoms with van der Waals surface area (Å²) >= 11 is 12.2. The molecular formula is C25H23Cl3N4O2. The Bertz CT molecular complexity index is 1320. The number of nitrogens with zero attached hydrogens (tertiary/aromatic N) is 2. The molecule has 4 aromatic rings. The van der Waals surface area contributed by atoms with Gasteiger partial charge in [0.2, 0.25) is 5.89 Å². The first-order valence-corrected chi connectivity index (χ1v) is 11.5. The molecule has 0 aliphatic carbocycles. The molecule has 1 aromatic heterocycles. The summed E-state index contributed by atoms with van der Waals surface area (Å²) in [7, 11) is 0. The Kier molecular flexibility index (Phi) is 7.76. The molecule has 0 unspecified atom stereocenters. The number of fused-ring (bicyclic) bond motifs is 1. The van der Waals surface area contributed by atoms with Crippen molar-refractivity contribution in [2.24, 2.45) is 0 Å². The zero-order valence-electron chi connectivity index (χ0n) is 18.2. The van der Waals surface area contributed by atoms with E-state index in [1.54, 1.807) is 18.2 Å². The van der Waals surface area contributed by atoms with Crippen molar-refractivity contribution >= 4 is 58.3 Å². The highest BCUT2D eigenvalue weighted by Gasteiger charge is 2.19. The molecule has 5 rings (SSSR count). The van der Waals surface area contributed by atoms with Crippen LogP contribution in [0.3, 0.4) is 0 Å². The number of rotatable bonds is 5. The predicted molar refractivity (Wildman–Crippen MR) is 139 cm³/mol. The highest BCUT2D eigenvalue weighted by atomic mass is 35.5. The minimum Gasteiger partial charge on any atom is -0.436 e. The van der Waals surface area contributed by atoms with E-state index in [-0.39, 0.29) is 23.3 Å². The number of carbonyl (C=O) groups excluding carboxylic acids is 1. The summed E-state index contributed by atoms with van der Waals surface area (Å²) in [5.41, 5.74) is 4.31. The van der Waals surface area contributed by atoms with Crippen LogP contribution in [-0.4, -0.2) is 42.0 Å². The average molecular weight is 518 g/mol. The van der Waals surface area contributed by atoms with Crippen molar-refractivity contribution in [3.63, 3.8) is 0 Å². The normalized spacial score (nSPS) is 14.1. The van der Waals surface area contributed by atoms with Crippen molar-refractivity contribution in [1.29, 1.82) is 0 Å². The van der Waals surface area contributed by atoms with Crippen LogP contribution >= 0.6 is 35.6 Å². The largest absolute Gasteiger partial charge is 0.436 e. The molecule has 2 heterocycles. The second-order valence-electron chi connectivity index (χ2n) is 7.93. The molecule has 176 valence electrons. The molecule has 3 aromatic carbocycles. The van der Waals surface area contributed by atoms with E-state index in [0.717, 1.165) is 49.4 Å². The topological polar surface area (TPSA) is 70.4 Å². The highest BCUT2D eigenvalue weighted by Crippen LogP contribution is 2.32. The minimum atomic E-state index is -0.334. The first-order valence-electron chi connectivity index (χ1n) is 10.8. The number of oxazole rings is 1. The first kappa shape index (κ1) is 24.5. The molecule has 0 atom stereocenters. The van der Waals surface area contributed by atoms with Crippen molar-refractivity contribution in [1.82, 2.24) is 15.2 Å². The quantitative estimate of drug-likeness (QED) is 0.346. The molecule has 1 fully saturated rings. The number of anilines is 1. The van der Waals surface area contributed by atoms with Crippen LogP contribution in [0.25, 0.3) is 22.6 Å². The summed E-state index contributed by atoms with van der Waals surface area (Å²) < 4.78 is 6.11. The van der Waals surface area contributed by atoms with Gasteiger partial charge in [0.05, 0.1) is 21.8 Å². The molecule has 1 amide bonds. The maximum absolute atomic E-state index is 12.9. The van der Waals surface area contributed by atoms with Crippen LogP contribution in [0.1, 0.15) is 15.9 Å². The number of halogens is 3. The van der Waals surface area contributed by atoms with E-state index in [2.05, 4.69) is 21.6 Å². The summed E-state index contributed by atoms with van der Waals surface area (Å²) in [6, 6.07) is 18.2. The monoisotopic (exact) mass is 516 g/mol. The fraction of sp³-hybridized carbons (Fsp3) is 0.200. The molecule has 2 N–H and O–H groups in total. The summed E-state index contributed by atoms with van der Waals surface area (Å²) in [4.78, 5) is 20.1. The van der Waals surface area contributed by atoms with Crippen LogP contribution in [0.4, 0.5) is 5.69 Å². The fourth-order valence-electron chi connectivity index (χ4n) is 4.00. The van der Waals surface area contributed by atoms with Gasteiger partial charge >= 0.3 is 0 Å². The Balaban J connectivity index is 0.00000274. The van der Waals surface area contributed by atoms with Gasteiger partial charge in [-0.1, -0.05) is 47.5 Å². The van der Waals surface area contributed by atoms with Gasteiger partial charge in [0.25, 0.3) is 5.91 Å². The molecule has 1 aliphatic rings. The number of para-hydroxylation sites is 2. The van der Waals surface area contributed by atoms with Crippen LogP contribution in [0, 0.1) is 0 Å². The van der Waals surface area contributed by atoms with Crippen LogP contribution in [0.5, 0.6) is 0 Å². The lowest BCUT2D eigenvalue weighted by atomic mass is 10.1. The Labute approximate surface area is 213 Å². The summed E-state index contributed by atoms with van der Waals surface area (Å²) in [6.07, 6.45) is 0. The molecular weight excluding hydrogens is 495 g/mol. The van der Waals surface area contributed by atoms with Crippen molar-refractivity contribution in [2.75, 3.05) is 31.5 Å². The van der Waals surface area contributed by atoms with Crippen LogP contribution in [-0.2, 0) is 6.54 Å². The Hall–Kier alpha value is -2.61. The third-order valence-electron chi connectivity index (χ3n) is 5.69. The lowest BCUT2D eigenvalue weighted by molar-refractivity contribution is 0.102. The zero-order chi connectivity index (χ0) is 22.8. The molecule has 6 nitrogen and oxygen atoms in total. The van der Waals surface area contributed by atoms with Crippen molar-refractivity contribution in [3.8, 4) is 11.5 Å². The van der Waals surface area contributed by atoms with E-state index in [1.165, 1.54) is 0 Å². The molecule has 0 saturated carbocycles. The van der Waals surface area contributed by atoms with E-state index in [1.807, 2.05) is 36.4 Å². The second kappa shape index (κ2) is 10.8. The summed E-state index contributed by atoms with van der Waals surface area (Å²) in [5.74, 6) is 0.121. The van der Waals surface area contributed by atoms with E-state index in [0.29, 0.717) is 27.7 Å². The van der Waals surface area contributed by atoms with E-state index in [9.17, 15) is 4.79 Å². The summed E-state index contributed by atoms with van der Waals surface area (Å²) in [5, 5.41) is 7.07. The van der Waals surface area contributed by atoms with Gasteiger partial charge in [-0.15, -0.1) is 12.4 Å². The number of hydrogen-bond acceptors (Lipinski definition) is 5. The number of amides is 1. The van der Waals surface area contributed by atoms with Crippen LogP contribution < -0.4 is 10.6 Å². The van der Waals surface area contributed by atoms with E-state index >= 15 is 0 Å². The van der Waals surface area contributed by atoms with Crippen molar-refractivity contribution < 1.29 is 9.21 Å². The van der Waals surface area contributed by atoms with Gasteiger partial charge in [0.1, 0.15) is 5.52 Å². The van der Waals surface area contributed by atoms with Gasteiger partial charge in [-0.3, -0.25) is 9.69 Å². The maximum atomic E-state index is 12.9. The average Bonchev–Trinajstić information content (AvgIpc) is 3.25. The Morgan fingerprint density at radius 3 is 2.65 bits per heavy atom. The lowest BCUT2D eigenvalue weighted by Gasteiger charge is -2.27. The fourth-order valence-corrected chi connectivity index (χ4v) is 4.49. The first-order chi connectivity index (χ1) is 16.1. The Morgan fingerprint density at radius 1 is 1.06 bits per heavy atom. The highest BCUT2D eigenvalue weighted by molar-refractivity contribution is 6.37. The number of carbonyl (C=O) groups is 1. The standard InChI is InChI=1S/C25H22Cl2N4O2.ClH/c26-17-8-9-18(20(27)14-17)24(32)29-21-6-2-1-5-19(21)25-30-23-16(4-3-7-22(23)33-25)15-31-12-10-28-11-13-31;/h1-9,14,28H,10-13,15H2,(H,29,32);1H. The van der Waals surface area contributed by atoms with E-state index < -0.39 is 0 Å². The third kappa shape index (κ3) is 5.22. The van der Waals surface area contributed by atoms with Crippen LogP contribution in [0.2, 0.25) is 10.0 Å². The molecule has 0 spiro atoms. The minimum absolute atomic E-state index is 0. The number of nitrogens with one attached hydrogen (secondary N) is 2. The number of aromatic nitrogens is 1. The van der Waals surface area contributed by atoms with Crippen molar-refractivity contribution in [3.05, 3.63) is 81.8 Å². The molecule has 0 radical (unpaired) electrons. The van der Waals surface area contributed by atoms with Gasteiger partial charge in [-0.25, -0.2) is 4.98 Å². The molecule has 9 heteroatoms. The van der Waals surface area contributed by atoms with Gasteiger partial charge in [0.15, 0.2) is 5.58 Å². The Morgan fingerprint density at radius 2 is 1.85 bits per heavy atom. The molecule has 1 saturated heterocycles. The number of piperazine rings is 1. The predicted octanol–water partition coefficient (Wildman–Crippen LogP) is 5.88. The lowest BCUT2D eigenvalue weighted by Crippen LogP contribution is -2.42. The van der Waals surface area contributed by atoms with Crippen molar-refractivity contribution in [2.45, 2.75) is 6.54 Å². The second-order valence-corrected chi connectivity index (χ2v) is 8.78. The smallest absolute Gasteiger partial charge is 0.257 e. The number of hydrogen-bond donors (Lipinski definition) is 2. The zero-order valence-corrected chi connectivity index (χ0v) is 20.5. The molecule has 34 heavy (non-hydrogen) atoms. The molecule has 0 bridgehead atoms. The summed E-state index contributed by atoms with van der Waals surface area (Å²) in [6.45, 7) is 4.81. The van der Waals surface area contributed by atoms with E-state index in [4.69, 9.17) is 32.6 Å². The van der Waals surface area contributed by atoms with Crippen LogP contribution in [0.15, 0.2) is 65.1 Å². The van der Waals surface area contributed by atoms with Gasteiger partial charge in [0, 0.05) is 37.7 Å². The molecule has 1 aliphatic heterocycles. The SMILES string of the molecule is Cl.O=C(Nc1ccccc1-c1nc2c(CN3CCNCC3)cccc2o1)c1ccc(Cl)cc1Cl.